The molecular formula is C28H16N4S8. The molecular weight excluding hydrogens is 649 g/mol. The molecule has 4 aromatic carbocycles. The minimum atomic E-state index is 1.07. The molecule has 0 aliphatic carbocycles. The number of fused-ring (bicyclic) bond motifs is 4. The third-order valence-corrected chi connectivity index (χ3v) is 15.6. The van der Waals surface area contributed by atoms with E-state index in [1.807, 2.05) is 24.3 Å². The van der Waals surface area contributed by atoms with Gasteiger partial charge in [0.15, 0.2) is 17.4 Å². The van der Waals surface area contributed by atoms with Gasteiger partial charge in [0, 0.05) is 0 Å². The second-order valence-electron chi connectivity index (χ2n) is 8.12. The quantitative estimate of drug-likeness (QED) is 0.163. The zero-order valence-corrected chi connectivity index (χ0v) is 26.8. The molecule has 0 bridgehead atoms. The van der Waals surface area contributed by atoms with Crippen LogP contribution in [0.3, 0.4) is 0 Å². The van der Waals surface area contributed by atoms with Crippen LogP contribution in [0.2, 0.25) is 0 Å². The van der Waals surface area contributed by atoms with Gasteiger partial charge in [0.1, 0.15) is 0 Å². The summed E-state index contributed by atoms with van der Waals surface area (Å²) < 4.78 is 9.26. The standard InChI is InChI=1S/2C14H8N2S4/c2*1-3-7-11-9(5-1)15-13(17-11)19-20-14-16-10-6-2-4-8-12(10)18-14/h2*1-8H. The summed E-state index contributed by atoms with van der Waals surface area (Å²) >= 11 is 6.93. The van der Waals surface area contributed by atoms with Crippen molar-refractivity contribution in [2.75, 3.05) is 0 Å². The zero-order valence-electron chi connectivity index (χ0n) is 20.3. The number of para-hydroxylation sites is 4. The van der Waals surface area contributed by atoms with E-state index in [0.717, 1.165) is 39.4 Å². The highest BCUT2D eigenvalue weighted by Gasteiger charge is 2.10. The van der Waals surface area contributed by atoms with Gasteiger partial charge in [0.25, 0.3) is 0 Å². The Balaban J connectivity index is 0.000000132. The molecule has 12 heteroatoms. The summed E-state index contributed by atoms with van der Waals surface area (Å²) in [6, 6.07) is 33.0. The fourth-order valence-electron chi connectivity index (χ4n) is 3.69. The van der Waals surface area contributed by atoms with Gasteiger partial charge in [-0.05, 0) is 91.7 Å². The van der Waals surface area contributed by atoms with Crippen molar-refractivity contribution in [2.24, 2.45) is 0 Å². The van der Waals surface area contributed by atoms with Crippen molar-refractivity contribution in [3.05, 3.63) is 97.1 Å². The smallest absolute Gasteiger partial charge is 0.162 e. The van der Waals surface area contributed by atoms with Crippen molar-refractivity contribution in [2.45, 2.75) is 17.4 Å². The SMILES string of the molecule is c1ccc2sc(SSc3nc4ccccc4s3)nc2c1.c1ccc2sc(SSc3nc4ccccc4s3)nc2c1. The second-order valence-corrected chi connectivity index (χ2v) is 17.5. The summed E-state index contributed by atoms with van der Waals surface area (Å²) in [6.07, 6.45) is 0. The van der Waals surface area contributed by atoms with E-state index in [0.29, 0.717) is 0 Å². The lowest BCUT2D eigenvalue weighted by Gasteiger charge is -1.90. The largest absolute Gasteiger partial charge is 0.229 e. The Bertz CT molecular complexity index is 1630. The molecule has 0 saturated heterocycles. The van der Waals surface area contributed by atoms with Gasteiger partial charge in [-0.25, -0.2) is 19.9 Å². The lowest BCUT2D eigenvalue weighted by atomic mass is 10.3. The molecule has 0 aliphatic heterocycles. The van der Waals surface area contributed by atoms with E-state index in [-0.39, 0.29) is 0 Å². The van der Waals surface area contributed by atoms with E-state index in [1.54, 1.807) is 88.5 Å². The van der Waals surface area contributed by atoms with Crippen LogP contribution in [0, 0.1) is 0 Å². The summed E-state index contributed by atoms with van der Waals surface area (Å²) in [5, 5.41) is 0. The highest BCUT2D eigenvalue weighted by atomic mass is 33.1. The van der Waals surface area contributed by atoms with Crippen LogP contribution in [0.25, 0.3) is 40.9 Å². The van der Waals surface area contributed by atoms with Crippen LogP contribution in [-0.2, 0) is 0 Å². The number of rotatable bonds is 6. The van der Waals surface area contributed by atoms with E-state index < -0.39 is 0 Å². The third-order valence-electron chi connectivity index (χ3n) is 5.47. The second kappa shape index (κ2) is 12.4. The van der Waals surface area contributed by atoms with Crippen LogP contribution >= 0.6 is 88.5 Å². The first-order chi connectivity index (χ1) is 19.8. The zero-order chi connectivity index (χ0) is 26.7. The van der Waals surface area contributed by atoms with E-state index in [9.17, 15) is 0 Å². The minimum Gasteiger partial charge on any atom is -0.229 e. The average molecular weight is 665 g/mol. The summed E-state index contributed by atoms with van der Waals surface area (Å²) in [5.74, 6) is 0. The van der Waals surface area contributed by atoms with Crippen LogP contribution in [0.5, 0.6) is 0 Å². The topological polar surface area (TPSA) is 51.6 Å². The third kappa shape index (κ3) is 6.19. The van der Waals surface area contributed by atoms with E-state index >= 15 is 0 Å². The van der Waals surface area contributed by atoms with E-state index in [4.69, 9.17) is 0 Å². The Morgan fingerprint density at radius 3 is 0.775 bits per heavy atom. The van der Waals surface area contributed by atoms with Gasteiger partial charge in [-0.1, -0.05) is 48.5 Å². The predicted molar refractivity (Wildman–Crippen MR) is 182 cm³/mol. The van der Waals surface area contributed by atoms with Crippen molar-refractivity contribution in [1.82, 2.24) is 19.9 Å². The van der Waals surface area contributed by atoms with Crippen LogP contribution in [0.4, 0.5) is 0 Å². The molecule has 196 valence electrons. The lowest BCUT2D eigenvalue weighted by molar-refractivity contribution is 1.31. The maximum atomic E-state index is 4.62. The molecule has 4 heterocycles. The van der Waals surface area contributed by atoms with Gasteiger partial charge < -0.3 is 0 Å². The molecule has 40 heavy (non-hydrogen) atoms. The summed E-state index contributed by atoms with van der Waals surface area (Å²) in [6.45, 7) is 0. The van der Waals surface area contributed by atoms with Gasteiger partial charge in [-0.15, -0.1) is 45.3 Å². The van der Waals surface area contributed by atoms with Gasteiger partial charge in [0.2, 0.25) is 0 Å². The normalized spacial score (nSPS) is 11.4. The molecule has 0 spiro atoms. The van der Waals surface area contributed by atoms with Gasteiger partial charge in [0.05, 0.1) is 40.9 Å². The molecule has 0 amide bonds. The van der Waals surface area contributed by atoms with Gasteiger partial charge >= 0.3 is 0 Å². The molecule has 0 aliphatic rings. The molecule has 4 aromatic heterocycles. The van der Waals surface area contributed by atoms with Crippen molar-refractivity contribution < 1.29 is 0 Å². The molecule has 0 atom stereocenters. The summed E-state index contributed by atoms with van der Waals surface area (Å²) in [4.78, 5) is 18.5. The van der Waals surface area contributed by atoms with Crippen molar-refractivity contribution >= 4 is 129 Å². The van der Waals surface area contributed by atoms with Crippen LogP contribution in [-0.4, -0.2) is 19.9 Å². The Morgan fingerprint density at radius 1 is 0.325 bits per heavy atom. The maximum absolute atomic E-state index is 4.62. The minimum absolute atomic E-state index is 1.07. The maximum Gasteiger partial charge on any atom is 0.162 e. The first-order valence-electron chi connectivity index (χ1n) is 11.9. The average Bonchev–Trinajstić information content (AvgIpc) is 3.78. The lowest BCUT2D eigenvalue weighted by Crippen LogP contribution is -1.67. The Hall–Kier alpha value is -2.16. The number of thiazole rings is 4. The highest BCUT2D eigenvalue weighted by Crippen LogP contribution is 2.44. The fourth-order valence-corrected chi connectivity index (χ4v) is 12.7. The molecule has 0 radical (unpaired) electrons. The highest BCUT2D eigenvalue weighted by molar-refractivity contribution is 8.77. The van der Waals surface area contributed by atoms with Crippen molar-refractivity contribution in [3.8, 4) is 0 Å². The Morgan fingerprint density at radius 2 is 0.550 bits per heavy atom. The fraction of sp³-hybridized carbons (Fsp3) is 0. The van der Waals surface area contributed by atoms with E-state index in [2.05, 4.69) is 92.7 Å². The first kappa shape index (κ1) is 26.7. The molecule has 0 saturated carbocycles. The Labute approximate surface area is 261 Å². The number of benzene rings is 4. The number of nitrogens with zero attached hydrogens (tertiary/aromatic N) is 4. The molecule has 4 nitrogen and oxygen atoms in total. The molecule has 8 aromatic rings. The van der Waals surface area contributed by atoms with Gasteiger partial charge in [-0.2, -0.15) is 0 Å². The molecule has 8 rings (SSSR count). The van der Waals surface area contributed by atoms with Gasteiger partial charge in [-0.3, -0.25) is 0 Å². The molecule has 0 N–H and O–H groups in total. The van der Waals surface area contributed by atoms with Crippen LogP contribution in [0.15, 0.2) is 114 Å². The number of hydrogen-bond donors (Lipinski definition) is 0. The van der Waals surface area contributed by atoms with Crippen molar-refractivity contribution in [3.63, 3.8) is 0 Å². The van der Waals surface area contributed by atoms with Crippen LogP contribution < -0.4 is 0 Å². The molecule has 0 unspecified atom stereocenters. The summed E-state index contributed by atoms with van der Waals surface area (Å²) in [7, 11) is 6.75. The number of aromatic nitrogens is 4. The van der Waals surface area contributed by atoms with Crippen LogP contribution in [0.1, 0.15) is 0 Å². The van der Waals surface area contributed by atoms with E-state index in [1.165, 1.54) is 18.8 Å². The summed E-state index contributed by atoms with van der Waals surface area (Å²) in [5.41, 5.74) is 4.30. The van der Waals surface area contributed by atoms with Crippen molar-refractivity contribution in [1.29, 1.82) is 0 Å². The Kier molecular flexibility index (Phi) is 8.27. The molecule has 0 fully saturated rings. The first-order valence-corrected chi connectivity index (χ1v) is 19.4. The predicted octanol–water partition coefficient (Wildman–Crippen LogP) is 11.4. The monoisotopic (exact) mass is 664 g/mol. The number of hydrogen-bond acceptors (Lipinski definition) is 12.